The third-order valence-corrected chi connectivity index (χ3v) is 4.14. The number of thiocarbonyl (C=S) groups is 1. The minimum Gasteiger partial charge on any atom is -0.497 e. The van der Waals surface area contributed by atoms with Crippen LogP contribution in [-0.4, -0.2) is 29.8 Å². The van der Waals surface area contributed by atoms with Gasteiger partial charge in [-0.2, -0.15) is 13.2 Å². The van der Waals surface area contributed by atoms with E-state index >= 15 is 0 Å². The topological polar surface area (TPSA) is 24.5 Å². The third-order valence-electron chi connectivity index (χ3n) is 3.78. The van der Waals surface area contributed by atoms with Crippen LogP contribution in [0.15, 0.2) is 48.5 Å². The summed E-state index contributed by atoms with van der Waals surface area (Å²) < 4.78 is 44.1. The van der Waals surface area contributed by atoms with Crippen LogP contribution in [0.1, 0.15) is 18.1 Å². The van der Waals surface area contributed by atoms with E-state index in [2.05, 4.69) is 5.32 Å². The Morgan fingerprint density at radius 1 is 1.12 bits per heavy atom. The third kappa shape index (κ3) is 6.22. The lowest BCUT2D eigenvalue weighted by Gasteiger charge is -2.27. The van der Waals surface area contributed by atoms with Crippen molar-refractivity contribution >= 4 is 23.0 Å². The monoisotopic (exact) mass is 382 g/mol. The van der Waals surface area contributed by atoms with E-state index in [1.165, 1.54) is 7.11 Å². The summed E-state index contributed by atoms with van der Waals surface area (Å²) in [4.78, 5) is 1.11. The zero-order valence-electron chi connectivity index (χ0n) is 14.6. The Balaban J connectivity index is 2.15. The van der Waals surface area contributed by atoms with Crippen molar-refractivity contribution < 1.29 is 17.9 Å². The van der Waals surface area contributed by atoms with Gasteiger partial charge in [-0.15, -0.1) is 0 Å². The fraction of sp³-hybridized carbons (Fsp3) is 0.316. The molecule has 0 aliphatic carbocycles. The fourth-order valence-corrected chi connectivity index (χ4v) is 2.69. The van der Waals surface area contributed by atoms with E-state index in [9.17, 15) is 13.2 Å². The quantitative estimate of drug-likeness (QED) is 0.709. The Kier molecular flexibility index (Phi) is 6.85. The molecule has 0 saturated carbocycles. The molecule has 0 aliphatic heterocycles. The highest BCUT2D eigenvalue weighted by molar-refractivity contribution is 7.80. The molecule has 0 radical (unpaired) electrons. The number of methoxy groups -OCH3 is 1. The molecular formula is C19H21F3N2OS. The molecule has 2 rings (SSSR count). The van der Waals surface area contributed by atoms with Crippen LogP contribution in [0.3, 0.4) is 0 Å². The number of hydrogen-bond acceptors (Lipinski definition) is 2. The van der Waals surface area contributed by atoms with Gasteiger partial charge in [0.2, 0.25) is 0 Å². The van der Waals surface area contributed by atoms with Crippen LogP contribution in [0.2, 0.25) is 0 Å². The highest BCUT2D eigenvalue weighted by Gasteiger charge is 2.32. The highest BCUT2D eigenvalue weighted by atomic mass is 32.1. The maximum absolute atomic E-state index is 13.0. The minimum atomic E-state index is -4.36. The molecule has 3 nitrogen and oxygen atoms in total. The Morgan fingerprint density at radius 3 is 2.38 bits per heavy atom. The molecule has 7 heteroatoms. The molecule has 0 fully saturated rings. The number of benzene rings is 2. The molecule has 0 bridgehead atoms. The Bertz CT molecular complexity index is 732. The lowest BCUT2D eigenvalue weighted by atomic mass is 10.1. The highest BCUT2D eigenvalue weighted by Crippen LogP contribution is 2.21. The minimum absolute atomic E-state index is 0.0337. The Hall–Kier alpha value is -2.28. The largest absolute Gasteiger partial charge is 0.497 e. The number of ether oxygens (including phenoxy) is 1. The first-order chi connectivity index (χ1) is 12.3. The van der Waals surface area contributed by atoms with E-state index in [-0.39, 0.29) is 11.7 Å². The van der Waals surface area contributed by atoms with E-state index in [1.807, 2.05) is 25.1 Å². The van der Waals surface area contributed by atoms with Crippen molar-refractivity contribution in [3.8, 4) is 5.75 Å². The van der Waals surface area contributed by atoms with Crippen molar-refractivity contribution in [1.82, 2.24) is 4.90 Å². The first kappa shape index (κ1) is 20.0. The van der Waals surface area contributed by atoms with Gasteiger partial charge in [0.1, 0.15) is 12.3 Å². The molecule has 0 aromatic heterocycles. The van der Waals surface area contributed by atoms with E-state index in [0.717, 1.165) is 16.9 Å². The second-order valence-electron chi connectivity index (χ2n) is 5.80. The second kappa shape index (κ2) is 8.89. The summed E-state index contributed by atoms with van der Waals surface area (Å²) in [6, 6.07) is 14.3. The number of nitrogens with zero attached hydrogens (tertiary/aromatic N) is 1. The van der Waals surface area contributed by atoms with Gasteiger partial charge in [-0.05, 0) is 54.0 Å². The summed E-state index contributed by atoms with van der Waals surface area (Å²) in [5, 5.41) is 2.95. The van der Waals surface area contributed by atoms with E-state index in [4.69, 9.17) is 17.0 Å². The molecule has 0 spiro atoms. The van der Waals surface area contributed by atoms with Gasteiger partial charge in [0, 0.05) is 12.2 Å². The average molecular weight is 382 g/mol. The molecule has 1 N–H and O–H groups in total. The molecule has 0 unspecified atom stereocenters. The van der Waals surface area contributed by atoms with Gasteiger partial charge in [-0.1, -0.05) is 31.2 Å². The number of aryl methyl sites for hydroxylation is 1. The van der Waals surface area contributed by atoms with Crippen molar-refractivity contribution in [3.63, 3.8) is 0 Å². The number of anilines is 1. The maximum Gasteiger partial charge on any atom is 0.406 e. The number of rotatable bonds is 6. The van der Waals surface area contributed by atoms with Gasteiger partial charge in [-0.25, -0.2) is 0 Å². The Labute approximate surface area is 156 Å². The number of halogens is 3. The Morgan fingerprint density at radius 2 is 1.81 bits per heavy atom. The van der Waals surface area contributed by atoms with Crippen LogP contribution in [0, 0.1) is 0 Å². The number of hydrogen-bond donors (Lipinski definition) is 1. The molecular weight excluding hydrogens is 361 g/mol. The summed E-state index contributed by atoms with van der Waals surface area (Å²) in [5.41, 5.74) is 2.47. The number of alkyl halides is 3. The molecule has 2 aromatic carbocycles. The molecule has 0 atom stereocenters. The molecule has 0 aliphatic rings. The van der Waals surface area contributed by atoms with Gasteiger partial charge < -0.3 is 15.0 Å². The molecule has 0 saturated heterocycles. The number of nitrogens with one attached hydrogen (secondary N) is 1. The fourth-order valence-electron chi connectivity index (χ4n) is 2.44. The van der Waals surface area contributed by atoms with Gasteiger partial charge >= 0.3 is 6.18 Å². The van der Waals surface area contributed by atoms with Gasteiger partial charge in [0.15, 0.2) is 5.11 Å². The predicted molar refractivity (Wildman–Crippen MR) is 101 cm³/mol. The van der Waals surface area contributed by atoms with Crippen LogP contribution in [0.5, 0.6) is 5.75 Å². The van der Waals surface area contributed by atoms with Crippen molar-refractivity contribution in [1.29, 1.82) is 0 Å². The molecule has 26 heavy (non-hydrogen) atoms. The van der Waals surface area contributed by atoms with Crippen LogP contribution >= 0.6 is 12.2 Å². The SMILES string of the molecule is CCc1cccc(NC(=S)N(Cc2ccc(OC)cc2)CC(F)(F)F)c1. The van der Waals surface area contributed by atoms with Crippen molar-refractivity contribution in [2.45, 2.75) is 26.1 Å². The lowest BCUT2D eigenvalue weighted by Crippen LogP contribution is -2.40. The van der Waals surface area contributed by atoms with Gasteiger partial charge in [0.05, 0.1) is 7.11 Å². The van der Waals surface area contributed by atoms with E-state index in [1.54, 1.807) is 30.3 Å². The van der Waals surface area contributed by atoms with Crippen LogP contribution in [-0.2, 0) is 13.0 Å². The van der Waals surface area contributed by atoms with Crippen molar-refractivity contribution in [2.75, 3.05) is 19.0 Å². The maximum atomic E-state index is 13.0. The van der Waals surface area contributed by atoms with Crippen LogP contribution in [0.4, 0.5) is 18.9 Å². The van der Waals surface area contributed by atoms with Gasteiger partial charge in [-0.3, -0.25) is 0 Å². The van der Waals surface area contributed by atoms with Crippen molar-refractivity contribution in [3.05, 3.63) is 59.7 Å². The smallest absolute Gasteiger partial charge is 0.406 e. The summed E-state index contributed by atoms with van der Waals surface area (Å²) in [6.07, 6.45) is -3.52. The van der Waals surface area contributed by atoms with Crippen LogP contribution in [0.25, 0.3) is 0 Å². The van der Waals surface area contributed by atoms with Crippen molar-refractivity contribution in [2.24, 2.45) is 0 Å². The zero-order chi connectivity index (χ0) is 19.2. The summed E-state index contributed by atoms with van der Waals surface area (Å²) in [5.74, 6) is 0.646. The standard InChI is InChI=1S/C19H21F3N2OS/c1-3-14-5-4-6-16(11-14)23-18(26)24(13-19(20,21)22)12-15-7-9-17(25-2)10-8-15/h4-11H,3,12-13H2,1-2H3,(H,23,26). The van der Waals surface area contributed by atoms with Gasteiger partial charge in [0.25, 0.3) is 0 Å². The zero-order valence-corrected chi connectivity index (χ0v) is 15.5. The lowest BCUT2D eigenvalue weighted by molar-refractivity contribution is -0.138. The average Bonchev–Trinajstić information content (AvgIpc) is 2.61. The summed E-state index contributed by atoms with van der Waals surface area (Å²) >= 11 is 5.24. The second-order valence-corrected chi connectivity index (χ2v) is 6.19. The predicted octanol–water partition coefficient (Wildman–Crippen LogP) is 5.02. The van der Waals surface area contributed by atoms with E-state index in [0.29, 0.717) is 17.0 Å². The van der Waals surface area contributed by atoms with E-state index < -0.39 is 12.7 Å². The normalized spacial score (nSPS) is 11.1. The first-order valence-corrected chi connectivity index (χ1v) is 8.56. The molecule has 2 aromatic rings. The molecule has 140 valence electrons. The molecule has 0 heterocycles. The summed E-state index contributed by atoms with van der Waals surface area (Å²) in [6.45, 7) is 0.929. The first-order valence-electron chi connectivity index (χ1n) is 8.15. The van der Waals surface area contributed by atoms with Crippen LogP contribution < -0.4 is 10.1 Å². The summed E-state index contributed by atoms with van der Waals surface area (Å²) in [7, 11) is 1.54. The molecule has 0 amide bonds.